The van der Waals surface area contributed by atoms with Crippen molar-refractivity contribution in [3.8, 4) is 5.75 Å². The van der Waals surface area contributed by atoms with E-state index < -0.39 is 0 Å². The van der Waals surface area contributed by atoms with Gasteiger partial charge in [-0.25, -0.2) is 0 Å². The van der Waals surface area contributed by atoms with Crippen molar-refractivity contribution < 1.29 is 11.0 Å². The molecule has 1 aromatic rings. The van der Waals surface area contributed by atoms with Gasteiger partial charge in [-0.15, -0.1) is 11.3 Å². The molecule has 1 aromatic heterocycles. The fourth-order valence-corrected chi connectivity index (χ4v) is 1.63. The molecule has 1 amide bonds. The molecule has 0 saturated heterocycles. The van der Waals surface area contributed by atoms with Crippen molar-refractivity contribution in [1.82, 2.24) is 5.32 Å². The van der Waals surface area contributed by atoms with Crippen molar-refractivity contribution in [2.75, 3.05) is 13.7 Å². The van der Waals surface area contributed by atoms with Gasteiger partial charge in [-0.1, -0.05) is 20.3 Å². The van der Waals surface area contributed by atoms with E-state index in [1.54, 1.807) is 13.1 Å². The minimum Gasteiger partial charge on any atom is -0.492 e. The van der Waals surface area contributed by atoms with Crippen LogP contribution >= 0.6 is 11.3 Å². The molecular formula is C11H21NO2S. The first kappa shape index (κ1) is 14.0. The first-order chi connectivity index (χ1) is 7.21. The molecule has 4 heteroatoms. The molecule has 0 spiro atoms. The van der Waals surface area contributed by atoms with Crippen LogP contribution in [0.2, 0.25) is 0 Å². The van der Waals surface area contributed by atoms with Crippen LogP contribution in [0.3, 0.4) is 0 Å². The summed E-state index contributed by atoms with van der Waals surface area (Å²) in [7, 11) is 1.61. The summed E-state index contributed by atoms with van der Waals surface area (Å²) < 4.78 is 5.25. The van der Waals surface area contributed by atoms with Crippen molar-refractivity contribution in [3.05, 3.63) is 16.3 Å². The monoisotopic (exact) mass is 231 g/mol. The lowest BCUT2D eigenvalue weighted by Crippen LogP contribution is -2.17. The first-order valence-electron chi connectivity index (χ1n) is 5.13. The van der Waals surface area contributed by atoms with Crippen LogP contribution in [-0.2, 0) is 0 Å². The highest BCUT2D eigenvalue weighted by molar-refractivity contribution is 7.12. The summed E-state index contributed by atoms with van der Waals surface area (Å²) in [6, 6.07) is 1.80. The molecule has 0 aromatic carbocycles. The van der Waals surface area contributed by atoms with Gasteiger partial charge < -0.3 is 10.1 Å². The van der Waals surface area contributed by atoms with E-state index in [9.17, 15) is 4.79 Å². The largest absolute Gasteiger partial charge is 0.492 e. The number of carbonyl (C=O) groups excluding carboxylic acids is 1. The van der Waals surface area contributed by atoms with E-state index >= 15 is 0 Å². The van der Waals surface area contributed by atoms with Crippen molar-refractivity contribution >= 4 is 17.2 Å². The second-order valence-electron chi connectivity index (χ2n) is 2.83. The van der Waals surface area contributed by atoms with E-state index in [1.165, 1.54) is 17.8 Å². The van der Waals surface area contributed by atoms with Gasteiger partial charge in [-0.05, 0) is 18.4 Å². The standard InChI is InChI=1S/C8H11NO2S.C3H8.H2/c1-3-11-6-4-5-12-7(6)8(10)9-2;1-3-2;/h4-5H,3H2,1-2H3,(H,9,10);3H2,1-2H3;1H. The number of thiophene rings is 1. The van der Waals surface area contributed by atoms with Gasteiger partial charge in [-0.2, -0.15) is 0 Å². The van der Waals surface area contributed by atoms with Crippen molar-refractivity contribution in [1.29, 1.82) is 0 Å². The minimum absolute atomic E-state index is 0. The number of hydrogen-bond acceptors (Lipinski definition) is 3. The normalized spacial score (nSPS) is 8.80. The third-order valence-corrected chi connectivity index (χ3v) is 2.26. The highest BCUT2D eigenvalue weighted by Crippen LogP contribution is 2.24. The number of amides is 1. The van der Waals surface area contributed by atoms with Gasteiger partial charge >= 0.3 is 0 Å². The van der Waals surface area contributed by atoms with E-state index in [0.29, 0.717) is 17.2 Å². The van der Waals surface area contributed by atoms with E-state index in [2.05, 4.69) is 19.2 Å². The zero-order chi connectivity index (χ0) is 11.7. The molecule has 0 fully saturated rings. The molecule has 1 N–H and O–H groups in total. The van der Waals surface area contributed by atoms with Gasteiger partial charge in [0.25, 0.3) is 5.91 Å². The van der Waals surface area contributed by atoms with Crippen LogP contribution in [0.5, 0.6) is 5.75 Å². The number of rotatable bonds is 3. The summed E-state index contributed by atoms with van der Waals surface area (Å²) in [6.45, 7) is 6.73. The fraction of sp³-hybridized carbons (Fsp3) is 0.545. The molecule has 0 aliphatic heterocycles. The van der Waals surface area contributed by atoms with E-state index in [4.69, 9.17) is 4.74 Å². The van der Waals surface area contributed by atoms with Crippen molar-refractivity contribution in [3.63, 3.8) is 0 Å². The molecule has 3 nitrogen and oxygen atoms in total. The maximum atomic E-state index is 11.2. The van der Waals surface area contributed by atoms with E-state index in [0.717, 1.165) is 0 Å². The molecule has 1 heterocycles. The smallest absolute Gasteiger partial charge is 0.264 e. The molecule has 1 rings (SSSR count). The Kier molecular flexibility index (Phi) is 7.72. The summed E-state index contributed by atoms with van der Waals surface area (Å²) in [4.78, 5) is 11.8. The topological polar surface area (TPSA) is 38.3 Å². The average molecular weight is 231 g/mol. The Bertz CT molecular complexity index is 289. The maximum absolute atomic E-state index is 11.2. The predicted octanol–water partition coefficient (Wildman–Crippen LogP) is 3.17. The Balaban J connectivity index is 0. The van der Waals surface area contributed by atoms with Crippen LogP contribution in [0.1, 0.15) is 38.3 Å². The summed E-state index contributed by atoms with van der Waals surface area (Å²) >= 11 is 1.39. The Hall–Kier alpha value is -1.03. The SMILES string of the molecule is CCC.CCOc1ccsc1C(=O)NC.[HH]. The predicted molar refractivity (Wildman–Crippen MR) is 67.0 cm³/mol. The zero-order valence-electron chi connectivity index (χ0n) is 9.79. The van der Waals surface area contributed by atoms with Gasteiger partial charge in [0.2, 0.25) is 0 Å². The third-order valence-electron chi connectivity index (χ3n) is 1.36. The van der Waals surface area contributed by atoms with E-state index in [1.807, 2.05) is 12.3 Å². The summed E-state index contributed by atoms with van der Waals surface area (Å²) in [6.07, 6.45) is 1.25. The van der Waals surface area contributed by atoms with Crippen molar-refractivity contribution in [2.45, 2.75) is 27.2 Å². The Morgan fingerprint density at radius 3 is 2.60 bits per heavy atom. The second kappa shape index (κ2) is 8.29. The quantitative estimate of drug-likeness (QED) is 0.867. The third kappa shape index (κ3) is 4.83. The molecule has 0 unspecified atom stereocenters. The fourth-order valence-electron chi connectivity index (χ4n) is 0.846. The van der Waals surface area contributed by atoms with Crippen LogP contribution in [-0.4, -0.2) is 19.6 Å². The zero-order valence-corrected chi connectivity index (χ0v) is 10.6. The van der Waals surface area contributed by atoms with Gasteiger partial charge in [0, 0.05) is 8.47 Å². The molecule has 0 bridgehead atoms. The van der Waals surface area contributed by atoms with Crippen molar-refractivity contribution in [2.24, 2.45) is 0 Å². The van der Waals surface area contributed by atoms with Gasteiger partial charge in [0.05, 0.1) is 6.61 Å². The summed E-state index contributed by atoms with van der Waals surface area (Å²) in [5.41, 5.74) is 0. The number of hydrogen-bond donors (Lipinski definition) is 1. The Labute approximate surface area is 96.9 Å². The maximum Gasteiger partial charge on any atom is 0.264 e. The number of ether oxygens (including phenoxy) is 1. The molecule has 0 atom stereocenters. The molecule has 0 aliphatic carbocycles. The van der Waals surface area contributed by atoms with E-state index in [-0.39, 0.29) is 7.33 Å². The lowest BCUT2D eigenvalue weighted by Gasteiger charge is -2.02. The summed E-state index contributed by atoms with van der Waals surface area (Å²) in [5.74, 6) is 0.579. The summed E-state index contributed by atoms with van der Waals surface area (Å²) in [5, 5.41) is 4.40. The van der Waals surface area contributed by atoms with Crippen LogP contribution in [0.15, 0.2) is 11.4 Å². The Morgan fingerprint density at radius 2 is 2.13 bits per heavy atom. The second-order valence-corrected chi connectivity index (χ2v) is 3.75. The van der Waals surface area contributed by atoms with Gasteiger partial charge in [0.15, 0.2) is 0 Å². The van der Waals surface area contributed by atoms with Crippen LogP contribution in [0, 0.1) is 0 Å². The lowest BCUT2D eigenvalue weighted by atomic mass is 10.4. The van der Waals surface area contributed by atoms with Gasteiger partial charge in [-0.3, -0.25) is 4.79 Å². The van der Waals surface area contributed by atoms with Crippen LogP contribution < -0.4 is 10.1 Å². The molecule has 15 heavy (non-hydrogen) atoms. The Morgan fingerprint density at radius 1 is 1.53 bits per heavy atom. The van der Waals surface area contributed by atoms with Crippen LogP contribution in [0.25, 0.3) is 0 Å². The minimum atomic E-state index is -0.0894. The molecule has 88 valence electrons. The highest BCUT2D eigenvalue weighted by Gasteiger charge is 2.11. The number of nitrogens with one attached hydrogen (secondary N) is 1. The molecule has 0 aliphatic rings. The van der Waals surface area contributed by atoms with Crippen LogP contribution in [0.4, 0.5) is 0 Å². The molecular weight excluding hydrogens is 210 g/mol. The highest BCUT2D eigenvalue weighted by atomic mass is 32.1. The van der Waals surface area contributed by atoms with Gasteiger partial charge in [0.1, 0.15) is 10.6 Å². The molecule has 0 radical (unpaired) electrons. The number of carbonyl (C=O) groups is 1. The lowest BCUT2D eigenvalue weighted by molar-refractivity contribution is 0.0964. The molecule has 0 saturated carbocycles. The first-order valence-corrected chi connectivity index (χ1v) is 6.01. The average Bonchev–Trinajstić information content (AvgIpc) is 2.67.